The third-order valence-corrected chi connectivity index (χ3v) is 3.81. The number of benzene rings is 2. The molecule has 0 amide bonds. The van der Waals surface area contributed by atoms with Crippen molar-refractivity contribution in [1.29, 1.82) is 0 Å². The minimum atomic E-state index is -2.36. The third-order valence-electron chi connectivity index (χ3n) is 3.81. The van der Waals surface area contributed by atoms with Crippen LogP contribution in [-0.2, 0) is 26.5 Å². The maximum atomic E-state index is 12.2. The number of hydrogen-bond acceptors (Lipinski definition) is 2. The van der Waals surface area contributed by atoms with Crippen LogP contribution in [0.4, 0.5) is 8.78 Å². The van der Waals surface area contributed by atoms with Gasteiger partial charge in [-0.1, -0.05) is 31.7 Å². The Morgan fingerprint density at radius 3 is 1.87 bits per heavy atom. The monoisotopic (exact) mass is 581 g/mol. The van der Waals surface area contributed by atoms with E-state index in [1.165, 1.54) is 0 Å². The Morgan fingerprint density at radius 1 is 0.733 bits per heavy atom. The summed E-state index contributed by atoms with van der Waals surface area (Å²) in [6.45, 7) is 0. The van der Waals surface area contributed by atoms with Crippen molar-refractivity contribution in [2.24, 2.45) is 0 Å². The Hall–Kier alpha value is -2.75. The zero-order valence-corrected chi connectivity index (χ0v) is 17.8. The van der Waals surface area contributed by atoms with E-state index in [1.807, 2.05) is 60.7 Å². The molecule has 157 valence electrons. The van der Waals surface area contributed by atoms with Crippen LogP contribution in [0.2, 0.25) is 0 Å². The van der Waals surface area contributed by atoms with Crippen LogP contribution in [0.25, 0.3) is 22.5 Å². The number of alkyl halides is 2. The van der Waals surface area contributed by atoms with E-state index in [9.17, 15) is 8.78 Å². The molecule has 1 radical (unpaired) electrons. The standard InChI is InChI=1S/C13H10F2N.C11H8N.CH4.Ir/c14-13(15)9-11-7-4-8-12(16-11)10-5-2-1-3-6-10;1-2-6-10(7-3-1)11-8-4-5-9-12-11;;/h1-5,7-8,13H,9H2;1-6,8-9H;1H4;/q2*-1;;. The van der Waals surface area contributed by atoms with Gasteiger partial charge in [-0.2, -0.15) is 0 Å². The first-order chi connectivity index (χ1) is 13.7. The van der Waals surface area contributed by atoms with Crippen LogP contribution < -0.4 is 0 Å². The molecule has 2 aromatic heterocycles. The molecule has 0 bridgehead atoms. The Morgan fingerprint density at radius 2 is 1.33 bits per heavy atom. The van der Waals surface area contributed by atoms with Crippen LogP contribution in [0.3, 0.4) is 0 Å². The van der Waals surface area contributed by atoms with Crippen molar-refractivity contribution >= 4 is 0 Å². The largest absolute Gasteiger partial charge is 0.305 e. The topological polar surface area (TPSA) is 25.8 Å². The van der Waals surface area contributed by atoms with E-state index in [-0.39, 0.29) is 34.0 Å². The molecule has 0 aliphatic heterocycles. The van der Waals surface area contributed by atoms with Gasteiger partial charge < -0.3 is 9.97 Å². The average molecular weight is 581 g/mol. The van der Waals surface area contributed by atoms with E-state index in [1.54, 1.807) is 30.5 Å². The molecule has 0 atom stereocenters. The molecule has 2 heterocycles. The summed E-state index contributed by atoms with van der Waals surface area (Å²) in [5, 5.41) is 0. The Labute approximate surface area is 190 Å². The molecular weight excluding hydrogens is 559 g/mol. The van der Waals surface area contributed by atoms with Crippen molar-refractivity contribution in [2.75, 3.05) is 0 Å². The van der Waals surface area contributed by atoms with Crippen LogP contribution in [0, 0.1) is 12.1 Å². The van der Waals surface area contributed by atoms with E-state index in [4.69, 9.17) is 0 Å². The number of nitrogens with zero attached hydrogens (tertiary/aromatic N) is 2. The smallest absolute Gasteiger partial charge is 0.244 e. The molecule has 4 rings (SSSR count). The molecule has 0 spiro atoms. The molecule has 0 unspecified atom stereocenters. The fraction of sp³-hybridized carbons (Fsp3) is 0.120. The van der Waals surface area contributed by atoms with Crippen LogP contribution in [-0.4, -0.2) is 16.4 Å². The van der Waals surface area contributed by atoms with Gasteiger partial charge in [-0.25, -0.2) is 8.78 Å². The minimum Gasteiger partial charge on any atom is -0.305 e. The van der Waals surface area contributed by atoms with Gasteiger partial charge >= 0.3 is 0 Å². The van der Waals surface area contributed by atoms with E-state index in [0.717, 1.165) is 16.8 Å². The molecule has 0 saturated carbocycles. The molecule has 0 aliphatic carbocycles. The first kappa shape index (κ1) is 25.3. The Kier molecular flexibility index (Phi) is 11.4. The molecule has 5 heteroatoms. The number of hydrogen-bond donors (Lipinski definition) is 0. The second-order valence-corrected chi connectivity index (χ2v) is 5.88. The summed E-state index contributed by atoms with van der Waals surface area (Å²) >= 11 is 0. The predicted octanol–water partition coefficient (Wildman–Crippen LogP) is 6.54. The summed E-state index contributed by atoms with van der Waals surface area (Å²) in [4.78, 5) is 8.39. The van der Waals surface area contributed by atoms with E-state index in [0.29, 0.717) is 11.4 Å². The van der Waals surface area contributed by atoms with Crippen molar-refractivity contribution in [3.8, 4) is 22.5 Å². The van der Waals surface area contributed by atoms with Gasteiger partial charge in [0.15, 0.2) is 0 Å². The summed E-state index contributed by atoms with van der Waals surface area (Å²) in [6, 6.07) is 32.3. The molecule has 2 aromatic carbocycles. The van der Waals surface area contributed by atoms with Crippen molar-refractivity contribution in [1.82, 2.24) is 9.97 Å². The summed E-state index contributed by atoms with van der Waals surface area (Å²) in [5.74, 6) is 0. The van der Waals surface area contributed by atoms with Gasteiger partial charge in [-0.3, -0.25) is 0 Å². The third kappa shape index (κ3) is 7.94. The van der Waals surface area contributed by atoms with E-state index < -0.39 is 6.43 Å². The second kappa shape index (κ2) is 13.5. The normalized spacial score (nSPS) is 9.57. The van der Waals surface area contributed by atoms with Crippen LogP contribution in [0.15, 0.2) is 91.1 Å². The molecular formula is C25H22F2IrN2-2. The van der Waals surface area contributed by atoms with Gasteiger partial charge in [0.05, 0.1) is 0 Å². The van der Waals surface area contributed by atoms with Gasteiger partial charge in [0.2, 0.25) is 6.43 Å². The second-order valence-electron chi connectivity index (χ2n) is 5.88. The maximum Gasteiger partial charge on any atom is 0.244 e. The van der Waals surface area contributed by atoms with Crippen molar-refractivity contribution in [2.45, 2.75) is 20.3 Å². The van der Waals surface area contributed by atoms with Crippen LogP contribution in [0.1, 0.15) is 13.1 Å². The first-order valence-corrected chi connectivity index (χ1v) is 8.81. The predicted molar refractivity (Wildman–Crippen MR) is 113 cm³/mol. The molecule has 0 N–H and O–H groups in total. The van der Waals surface area contributed by atoms with Gasteiger partial charge in [0.1, 0.15) is 0 Å². The van der Waals surface area contributed by atoms with E-state index in [2.05, 4.69) is 22.1 Å². The summed E-state index contributed by atoms with van der Waals surface area (Å²) in [7, 11) is 0. The van der Waals surface area contributed by atoms with Gasteiger partial charge in [0.25, 0.3) is 0 Å². The van der Waals surface area contributed by atoms with Gasteiger partial charge in [-0.05, 0) is 23.5 Å². The number of aromatic nitrogens is 2. The SMILES string of the molecule is C.FC(F)Cc1cccc(-c2[c-]cccc2)n1.[Ir].[c-]1ccccc1-c1ccccn1. The van der Waals surface area contributed by atoms with E-state index >= 15 is 0 Å². The van der Waals surface area contributed by atoms with Gasteiger partial charge in [0, 0.05) is 38.4 Å². The van der Waals surface area contributed by atoms with Crippen molar-refractivity contribution in [3.63, 3.8) is 0 Å². The molecule has 4 aromatic rings. The minimum absolute atomic E-state index is 0. The molecule has 0 fully saturated rings. The molecule has 0 saturated heterocycles. The zero-order chi connectivity index (χ0) is 19.6. The summed E-state index contributed by atoms with van der Waals surface area (Å²) in [5.41, 5.74) is 3.92. The number of rotatable bonds is 4. The molecule has 0 aliphatic rings. The number of pyridine rings is 2. The Balaban J connectivity index is 0.000000290. The molecule has 2 nitrogen and oxygen atoms in total. The average Bonchev–Trinajstić information content (AvgIpc) is 2.76. The molecule has 30 heavy (non-hydrogen) atoms. The van der Waals surface area contributed by atoms with Crippen molar-refractivity contribution in [3.05, 3.63) is 109 Å². The summed E-state index contributed by atoms with van der Waals surface area (Å²) < 4.78 is 24.4. The van der Waals surface area contributed by atoms with Crippen LogP contribution in [0.5, 0.6) is 0 Å². The Bertz CT molecular complexity index is 928. The maximum absolute atomic E-state index is 12.2. The first-order valence-electron chi connectivity index (χ1n) is 8.81. The fourth-order valence-corrected chi connectivity index (χ4v) is 2.53. The van der Waals surface area contributed by atoms with Gasteiger partial charge in [-0.15, -0.1) is 71.8 Å². The zero-order valence-electron chi connectivity index (χ0n) is 15.4. The number of halogens is 2. The quantitative estimate of drug-likeness (QED) is 0.256. The fourth-order valence-electron chi connectivity index (χ4n) is 2.53. The summed E-state index contributed by atoms with van der Waals surface area (Å²) in [6.07, 6.45) is -0.876. The van der Waals surface area contributed by atoms with Crippen LogP contribution >= 0.6 is 0 Å². The van der Waals surface area contributed by atoms with Crippen molar-refractivity contribution < 1.29 is 28.9 Å².